The fourth-order valence-corrected chi connectivity index (χ4v) is 1.66. The number of rotatable bonds is 4. The minimum Gasteiger partial charge on any atom is -0.493 e. The van der Waals surface area contributed by atoms with Crippen LogP contribution in [-0.2, 0) is 6.61 Å². The third-order valence-electron chi connectivity index (χ3n) is 2.60. The number of benzene rings is 2. The van der Waals surface area contributed by atoms with Gasteiger partial charge >= 0.3 is 0 Å². The highest BCUT2D eigenvalue weighted by atomic mass is 16.5. The molecule has 2 rings (SSSR count). The highest BCUT2D eigenvalue weighted by Gasteiger charge is 2.07. The van der Waals surface area contributed by atoms with Crippen LogP contribution in [0.25, 0.3) is 0 Å². The summed E-state index contributed by atoms with van der Waals surface area (Å²) in [6, 6.07) is 14.1. The van der Waals surface area contributed by atoms with E-state index in [1.165, 1.54) is 0 Å². The maximum Gasteiger partial charge on any atom is 0.169 e. The first-order chi connectivity index (χ1) is 9.26. The van der Waals surface area contributed by atoms with Crippen LogP contribution in [0.3, 0.4) is 0 Å². The molecule has 1 N–H and O–H groups in total. The van der Waals surface area contributed by atoms with Gasteiger partial charge in [-0.15, -0.1) is 0 Å². The van der Waals surface area contributed by atoms with Crippen LogP contribution in [0.15, 0.2) is 42.5 Å². The van der Waals surface area contributed by atoms with Crippen LogP contribution in [0.1, 0.15) is 11.1 Å². The van der Waals surface area contributed by atoms with Gasteiger partial charge in [0.25, 0.3) is 0 Å². The molecule has 4 heteroatoms. The average Bonchev–Trinajstić information content (AvgIpc) is 2.47. The predicted molar refractivity (Wildman–Crippen MR) is 70.1 cm³/mol. The van der Waals surface area contributed by atoms with Gasteiger partial charge in [0, 0.05) is 0 Å². The van der Waals surface area contributed by atoms with Crippen molar-refractivity contribution in [1.29, 1.82) is 5.26 Å². The molecular formula is C15H13NO3. The lowest BCUT2D eigenvalue weighted by atomic mass is 10.2. The van der Waals surface area contributed by atoms with Crippen molar-refractivity contribution < 1.29 is 14.6 Å². The number of ether oxygens (including phenoxy) is 2. The number of methoxy groups -OCH3 is 1. The number of hydrogen-bond acceptors (Lipinski definition) is 4. The molecule has 0 aliphatic heterocycles. The Hall–Kier alpha value is -2.51. The van der Waals surface area contributed by atoms with Gasteiger partial charge < -0.3 is 14.6 Å². The number of aliphatic hydroxyl groups is 1. The molecule has 0 unspecified atom stereocenters. The third kappa shape index (κ3) is 3.03. The Morgan fingerprint density at radius 3 is 2.68 bits per heavy atom. The third-order valence-corrected chi connectivity index (χ3v) is 2.60. The summed E-state index contributed by atoms with van der Waals surface area (Å²) in [4.78, 5) is 0. The highest BCUT2D eigenvalue weighted by molar-refractivity contribution is 5.46. The van der Waals surface area contributed by atoms with E-state index >= 15 is 0 Å². The maximum atomic E-state index is 9.13. The van der Waals surface area contributed by atoms with Crippen molar-refractivity contribution in [2.45, 2.75) is 6.61 Å². The van der Waals surface area contributed by atoms with E-state index in [1.807, 2.05) is 0 Å². The first kappa shape index (κ1) is 12.9. The van der Waals surface area contributed by atoms with Crippen LogP contribution in [0.4, 0.5) is 0 Å². The Kier molecular flexibility index (Phi) is 4.01. The van der Waals surface area contributed by atoms with E-state index in [-0.39, 0.29) is 6.61 Å². The first-order valence-electron chi connectivity index (χ1n) is 5.72. The Morgan fingerprint density at radius 2 is 2.00 bits per heavy atom. The summed E-state index contributed by atoms with van der Waals surface area (Å²) in [5, 5.41) is 18.0. The average molecular weight is 255 g/mol. The van der Waals surface area contributed by atoms with Gasteiger partial charge in [0.15, 0.2) is 11.5 Å². The molecule has 4 nitrogen and oxygen atoms in total. The van der Waals surface area contributed by atoms with Crippen molar-refractivity contribution in [2.24, 2.45) is 0 Å². The smallest absolute Gasteiger partial charge is 0.169 e. The summed E-state index contributed by atoms with van der Waals surface area (Å²) in [5.41, 5.74) is 1.25. The van der Waals surface area contributed by atoms with Crippen LogP contribution in [0.5, 0.6) is 17.2 Å². The molecule has 0 aromatic heterocycles. The summed E-state index contributed by atoms with van der Waals surface area (Å²) >= 11 is 0. The maximum absolute atomic E-state index is 9.13. The topological polar surface area (TPSA) is 62.5 Å². The van der Waals surface area contributed by atoms with Gasteiger partial charge in [-0.05, 0) is 35.9 Å². The Labute approximate surface area is 111 Å². The summed E-state index contributed by atoms with van der Waals surface area (Å²) in [6.07, 6.45) is 0. The molecule has 0 saturated carbocycles. The molecule has 19 heavy (non-hydrogen) atoms. The molecule has 0 atom stereocenters. The van der Waals surface area contributed by atoms with Gasteiger partial charge in [-0.3, -0.25) is 0 Å². The minimum absolute atomic E-state index is 0.0708. The normalized spacial score (nSPS) is 9.74. The van der Waals surface area contributed by atoms with Crippen molar-refractivity contribution >= 4 is 0 Å². The van der Waals surface area contributed by atoms with E-state index in [9.17, 15) is 0 Å². The fourth-order valence-electron chi connectivity index (χ4n) is 1.66. The summed E-state index contributed by atoms with van der Waals surface area (Å²) in [6.45, 7) is -0.0708. The second-order valence-corrected chi connectivity index (χ2v) is 3.89. The van der Waals surface area contributed by atoms with E-state index in [2.05, 4.69) is 6.07 Å². The summed E-state index contributed by atoms with van der Waals surface area (Å²) in [7, 11) is 1.55. The number of aliphatic hydroxyl groups excluding tert-OH is 1. The van der Waals surface area contributed by atoms with Crippen molar-refractivity contribution in [1.82, 2.24) is 0 Å². The molecule has 0 saturated heterocycles. The van der Waals surface area contributed by atoms with Gasteiger partial charge in [0.1, 0.15) is 5.75 Å². The molecule has 96 valence electrons. The van der Waals surface area contributed by atoms with Crippen LogP contribution in [0, 0.1) is 11.3 Å². The Balaban J connectivity index is 2.33. The highest BCUT2D eigenvalue weighted by Crippen LogP contribution is 2.32. The summed E-state index contributed by atoms with van der Waals surface area (Å²) < 4.78 is 10.9. The monoisotopic (exact) mass is 255 g/mol. The standard InChI is InChI=1S/C15H13NO3/c1-18-14-6-5-12(10-17)8-15(14)19-13-4-2-3-11(7-13)9-16/h2-8,17H,10H2,1H3. The van der Waals surface area contributed by atoms with Gasteiger partial charge in [-0.2, -0.15) is 5.26 Å². The molecule has 0 aliphatic carbocycles. The lowest BCUT2D eigenvalue weighted by molar-refractivity contribution is 0.280. The van der Waals surface area contributed by atoms with Crippen molar-refractivity contribution in [2.75, 3.05) is 7.11 Å². The molecule has 0 amide bonds. The largest absolute Gasteiger partial charge is 0.493 e. The SMILES string of the molecule is COc1ccc(CO)cc1Oc1cccc(C#N)c1. The molecule has 0 heterocycles. The van der Waals surface area contributed by atoms with Crippen LogP contribution in [0.2, 0.25) is 0 Å². The number of hydrogen-bond donors (Lipinski definition) is 1. The molecule has 2 aromatic rings. The van der Waals surface area contributed by atoms with E-state index in [0.717, 1.165) is 5.56 Å². The van der Waals surface area contributed by atoms with Crippen LogP contribution in [-0.4, -0.2) is 12.2 Å². The fraction of sp³-hybridized carbons (Fsp3) is 0.133. The van der Waals surface area contributed by atoms with Gasteiger partial charge in [-0.1, -0.05) is 12.1 Å². The Morgan fingerprint density at radius 1 is 1.16 bits per heavy atom. The zero-order valence-corrected chi connectivity index (χ0v) is 10.5. The van der Waals surface area contributed by atoms with Crippen molar-refractivity contribution in [3.05, 3.63) is 53.6 Å². The molecule has 0 fully saturated rings. The lowest BCUT2D eigenvalue weighted by Crippen LogP contribution is -1.93. The molecule has 0 aliphatic rings. The zero-order chi connectivity index (χ0) is 13.7. The first-order valence-corrected chi connectivity index (χ1v) is 5.72. The van der Waals surface area contributed by atoms with E-state index in [0.29, 0.717) is 22.8 Å². The molecule has 0 spiro atoms. The van der Waals surface area contributed by atoms with E-state index in [1.54, 1.807) is 49.6 Å². The van der Waals surface area contributed by atoms with Gasteiger partial charge in [-0.25, -0.2) is 0 Å². The second kappa shape index (κ2) is 5.89. The minimum atomic E-state index is -0.0708. The zero-order valence-electron chi connectivity index (χ0n) is 10.5. The summed E-state index contributed by atoms with van der Waals surface area (Å²) in [5.74, 6) is 1.62. The second-order valence-electron chi connectivity index (χ2n) is 3.89. The van der Waals surface area contributed by atoms with Gasteiger partial charge in [0.2, 0.25) is 0 Å². The van der Waals surface area contributed by atoms with Crippen LogP contribution < -0.4 is 9.47 Å². The lowest BCUT2D eigenvalue weighted by Gasteiger charge is -2.11. The quantitative estimate of drug-likeness (QED) is 0.912. The Bertz CT molecular complexity index is 617. The molecule has 0 radical (unpaired) electrons. The molecular weight excluding hydrogens is 242 g/mol. The van der Waals surface area contributed by atoms with Gasteiger partial charge in [0.05, 0.1) is 25.3 Å². The van der Waals surface area contributed by atoms with Crippen LogP contribution >= 0.6 is 0 Å². The number of nitrogens with zero attached hydrogens (tertiary/aromatic N) is 1. The predicted octanol–water partition coefficient (Wildman–Crippen LogP) is 2.85. The van der Waals surface area contributed by atoms with Crippen molar-refractivity contribution in [3.63, 3.8) is 0 Å². The molecule has 0 bridgehead atoms. The van der Waals surface area contributed by atoms with Crippen molar-refractivity contribution in [3.8, 4) is 23.3 Å². The molecule has 2 aromatic carbocycles. The number of nitriles is 1. The van der Waals surface area contributed by atoms with E-state index in [4.69, 9.17) is 19.8 Å². The van der Waals surface area contributed by atoms with E-state index < -0.39 is 0 Å².